The molecule has 0 aliphatic carbocycles. The van der Waals surface area contributed by atoms with Gasteiger partial charge in [0, 0.05) is 0 Å². The van der Waals surface area contributed by atoms with E-state index in [0.717, 1.165) is 0 Å². The minimum absolute atomic E-state index is 0. The van der Waals surface area contributed by atoms with Gasteiger partial charge in [-0.25, -0.2) is 0 Å². The van der Waals surface area contributed by atoms with Gasteiger partial charge in [0.1, 0.15) is 30.5 Å². The Morgan fingerprint density at radius 1 is 1.00 bits per heavy atom. The van der Waals surface area contributed by atoms with Gasteiger partial charge in [0.05, 0.1) is 12.6 Å². The maximum atomic E-state index is 10.1. The van der Waals surface area contributed by atoms with Crippen LogP contribution in [0, 0.1) is 0 Å². The molecule has 5 atom stereocenters. The molecule has 16 heavy (non-hydrogen) atoms. The quantitative estimate of drug-likeness (QED) is 0.252. The number of aliphatic hydroxyl groups is 6. The van der Waals surface area contributed by atoms with Crippen molar-refractivity contribution in [3.8, 4) is 0 Å². The monoisotopic (exact) mass is 248 g/mol. The second-order valence-electron chi connectivity index (χ2n) is 2.99. The van der Waals surface area contributed by atoms with Crippen molar-refractivity contribution in [2.75, 3.05) is 6.61 Å². The average Bonchev–Trinajstić information content (AvgIpc) is 2.23. The molecular formula is C7H13NaO8. The van der Waals surface area contributed by atoms with Crippen molar-refractivity contribution in [2.24, 2.45) is 0 Å². The van der Waals surface area contributed by atoms with Gasteiger partial charge in [-0.2, -0.15) is 0 Å². The molecule has 0 rings (SSSR count). The molecule has 0 aromatic heterocycles. The molecule has 0 saturated carbocycles. The number of hydrogen-bond acceptors (Lipinski definition) is 8. The average molecular weight is 248 g/mol. The van der Waals surface area contributed by atoms with Crippen LogP contribution in [0.2, 0.25) is 0 Å². The zero-order valence-corrected chi connectivity index (χ0v) is 10.6. The van der Waals surface area contributed by atoms with E-state index >= 15 is 0 Å². The van der Waals surface area contributed by atoms with E-state index in [2.05, 4.69) is 0 Å². The number of carboxylic acids is 1. The van der Waals surface area contributed by atoms with Crippen LogP contribution in [0.15, 0.2) is 0 Å². The van der Waals surface area contributed by atoms with Crippen molar-refractivity contribution < 1.29 is 70.1 Å². The Kier molecular flexibility index (Phi) is 9.69. The van der Waals surface area contributed by atoms with E-state index in [-0.39, 0.29) is 29.6 Å². The van der Waals surface area contributed by atoms with Crippen LogP contribution in [0.4, 0.5) is 0 Å². The first kappa shape index (κ1) is 18.6. The molecule has 0 aliphatic rings. The van der Waals surface area contributed by atoms with Crippen LogP contribution in [0.25, 0.3) is 0 Å². The first-order valence-electron chi connectivity index (χ1n) is 4.05. The number of aliphatic hydroxyl groups excluding tert-OH is 6. The van der Waals surface area contributed by atoms with E-state index in [1.54, 1.807) is 0 Å². The summed E-state index contributed by atoms with van der Waals surface area (Å²) in [5, 5.41) is 63.2. The van der Waals surface area contributed by atoms with Crippen molar-refractivity contribution in [3.05, 3.63) is 0 Å². The minimum Gasteiger partial charge on any atom is -0.547 e. The van der Waals surface area contributed by atoms with Crippen molar-refractivity contribution >= 4 is 5.97 Å². The van der Waals surface area contributed by atoms with Crippen LogP contribution in [-0.2, 0) is 4.79 Å². The zero-order valence-electron chi connectivity index (χ0n) is 8.59. The van der Waals surface area contributed by atoms with Gasteiger partial charge in [0.25, 0.3) is 0 Å². The van der Waals surface area contributed by atoms with E-state index in [9.17, 15) is 9.90 Å². The number of aliphatic carboxylic acids is 1. The zero-order chi connectivity index (χ0) is 12.2. The summed E-state index contributed by atoms with van der Waals surface area (Å²) >= 11 is 0. The molecule has 0 saturated heterocycles. The standard InChI is InChI=1S/C7H14O8.Na/c8-1-2(9)3(10)4(11)5(12)6(13)7(14)15;/h2-6,8-13H,1H2,(H,14,15);/q;+1/p-1/t2-,3-,4+,5-,6-;/m1./s1. The van der Waals surface area contributed by atoms with Gasteiger partial charge in [-0.05, 0) is 0 Å². The smallest absolute Gasteiger partial charge is 0.547 e. The van der Waals surface area contributed by atoms with Gasteiger partial charge in [-0.15, -0.1) is 0 Å². The van der Waals surface area contributed by atoms with Crippen molar-refractivity contribution in [3.63, 3.8) is 0 Å². The number of carboxylic acid groups (broad SMARTS) is 1. The van der Waals surface area contributed by atoms with Crippen LogP contribution in [0.1, 0.15) is 0 Å². The number of rotatable bonds is 6. The summed E-state index contributed by atoms with van der Waals surface area (Å²) < 4.78 is 0. The maximum absolute atomic E-state index is 10.1. The first-order valence-corrected chi connectivity index (χ1v) is 4.05. The van der Waals surface area contributed by atoms with Gasteiger partial charge in [-0.1, -0.05) is 0 Å². The molecule has 0 amide bonds. The van der Waals surface area contributed by atoms with E-state index in [1.807, 2.05) is 0 Å². The maximum Gasteiger partial charge on any atom is 1.00 e. The van der Waals surface area contributed by atoms with Gasteiger partial charge < -0.3 is 40.5 Å². The van der Waals surface area contributed by atoms with Crippen LogP contribution in [-0.4, -0.2) is 73.7 Å². The molecule has 0 radical (unpaired) electrons. The van der Waals surface area contributed by atoms with Crippen LogP contribution in [0.5, 0.6) is 0 Å². The molecule has 0 aliphatic heterocycles. The topological polar surface area (TPSA) is 162 Å². The molecule has 6 N–H and O–H groups in total. The van der Waals surface area contributed by atoms with E-state index in [0.29, 0.717) is 0 Å². The predicted octanol–water partition coefficient (Wildman–Crippen LogP) is -8.46. The number of carbonyl (C=O) groups excluding carboxylic acids is 1. The fraction of sp³-hybridized carbons (Fsp3) is 0.857. The van der Waals surface area contributed by atoms with Crippen molar-refractivity contribution in [1.29, 1.82) is 0 Å². The number of hydrogen-bond donors (Lipinski definition) is 6. The minimum atomic E-state index is -2.40. The summed E-state index contributed by atoms with van der Waals surface area (Å²) in [5.41, 5.74) is 0. The molecule has 0 bridgehead atoms. The molecule has 0 aromatic rings. The van der Waals surface area contributed by atoms with Gasteiger partial charge in [0.15, 0.2) is 0 Å². The Morgan fingerprint density at radius 2 is 1.44 bits per heavy atom. The van der Waals surface area contributed by atoms with Gasteiger partial charge in [0.2, 0.25) is 0 Å². The van der Waals surface area contributed by atoms with Crippen molar-refractivity contribution in [2.45, 2.75) is 30.5 Å². The Bertz CT molecular complexity index is 213. The summed E-state index contributed by atoms with van der Waals surface area (Å²) in [4.78, 5) is 10.1. The summed E-state index contributed by atoms with van der Waals surface area (Å²) in [6.07, 6.45) is -10.5. The molecule has 0 unspecified atom stereocenters. The molecule has 90 valence electrons. The van der Waals surface area contributed by atoms with E-state index < -0.39 is 43.1 Å². The molecule has 0 spiro atoms. The normalized spacial score (nSPS) is 20.1. The molecule has 8 nitrogen and oxygen atoms in total. The largest absolute Gasteiger partial charge is 1.00 e. The van der Waals surface area contributed by atoms with E-state index in [1.165, 1.54) is 0 Å². The molecular weight excluding hydrogens is 235 g/mol. The first-order chi connectivity index (χ1) is 6.82. The second-order valence-corrected chi connectivity index (χ2v) is 2.99. The van der Waals surface area contributed by atoms with E-state index in [4.69, 9.17) is 30.6 Å². The predicted molar refractivity (Wildman–Crippen MR) is 42.1 cm³/mol. The van der Waals surface area contributed by atoms with Crippen LogP contribution >= 0.6 is 0 Å². The molecule has 0 aromatic carbocycles. The SMILES string of the molecule is O=C([O-])[C@H](O)[C@H](O)[C@@H](O)[C@H](O)[C@H](O)CO.[Na+]. The molecule has 0 fully saturated rings. The fourth-order valence-electron chi connectivity index (χ4n) is 0.864. The second kappa shape index (κ2) is 8.34. The molecule has 9 heteroatoms. The summed E-state index contributed by atoms with van der Waals surface area (Å²) in [5.74, 6) is -2.03. The Labute approximate surface area is 113 Å². The van der Waals surface area contributed by atoms with Crippen molar-refractivity contribution in [1.82, 2.24) is 0 Å². The summed E-state index contributed by atoms with van der Waals surface area (Å²) in [6, 6.07) is 0. The van der Waals surface area contributed by atoms with Crippen LogP contribution < -0.4 is 34.7 Å². The summed E-state index contributed by atoms with van der Waals surface area (Å²) in [7, 11) is 0. The fourth-order valence-corrected chi connectivity index (χ4v) is 0.864. The van der Waals surface area contributed by atoms with Crippen LogP contribution in [0.3, 0.4) is 0 Å². The van der Waals surface area contributed by atoms with Gasteiger partial charge >= 0.3 is 29.6 Å². The third-order valence-electron chi connectivity index (χ3n) is 1.85. The summed E-state index contributed by atoms with van der Waals surface area (Å²) in [6.45, 7) is -0.896. The third kappa shape index (κ3) is 5.04. The van der Waals surface area contributed by atoms with Gasteiger partial charge in [-0.3, -0.25) is 0 Å². The Morgan fingerprint density at radius 3 is 1.75 bits per heavy atom. The third-order valence-corrected chi connectivity index (χ3v) is 1.85. The molecule has 0 heterocycles. The number of carbonyl (C=O) groups is 1. The Balaban J connectivity index is 0. The Hall–Kier alpha value is 0.230.